The van der Waals surface area contributed by atoms with Gasteiger partial charge in [0.25, 0.3) is 5.91 Å². The van der Waals surface area contributed by atoms with Crippen molar-refractivity contribution in [2.45, 2.75) is 11.8 Å². The standard InChI is InChI=1S/C12H14BrF2NO2/c1-7-3-4-9(14)10(11(7)15)12(17)16-5-8(13)6-18-2/h3-4,8H,5-6H2,1-2H3,(H,16,17). The zero-order valence-corrected chi connectivity index (χ0v) is 11.7. The minimum atomic E-state index is -0.867. The third kappa shape index (κ3) is 3.74. The summed E-state index contributed by atoms with van der Waals surface area (Å²) < 4.78 is 31.9. The summed E-state index contributed by atoms with van der Waals surface area (Å²) in [5.41, 5.74) is -0.319. The Kier molecular flexibility index (Phi) is 5.68. The first-order valence-electron chi connectivity index (χ1n) is 5.33. The van der Waals surface area contributed by atoms with E-state index in [4.69, 9.17) is 4.74 Å². The summed E-state index contributed by atoms with van der Waals surface area (Å²) in [6, 6.07) is 2.37. The number of carbonyl (C=O) groups excluding carboxylic acids is 1. The molecule has 0 aliphatic carbocycles. The van der Waals surface area contributed by atoms with Crippen molar-refractivity contribution in [2.75, 3.05) is 20.3 Å². The number of amides is 1. The van der Waals surface area contributed by atoms with Crippen LogP contribution in [-0.4, -0.2) is 31.0 Å². The van der Waals surface area contributed by atoms with Crippen molar-refractivity contribution in [3.63, 3.8) is 0 Å². The van der Waals surface area contributed by atoms with E-state index in [1.807, 2.05) is 0 Å². The van der Waals surface area contributed by atoms with Crippen molar-refractivity contribution in [1.82, 2.24) is 5.32 Å². The van der Waals surface area contributed by atoms with Gasteiger partial charge in [-0.2, -0.15) is 0 Å². The van der Waals surface area contributed by atoms with Crippen molar-refractivity contribution in [1.29, 1.82) is 0 Å². The van der Waals surface area contributed by atoms with Crippen molar-refractivity contribution in [3.05, 3.63) is 34.9 Å². The molecule has 0 aliphatic rings. The van der Waals surface area contributed by atoms with Crippen molar-refractivity contribution >= 4 is 21.8 Å². The molecule has 0 aliphatic heterocycles. The molecule has 3 nitrogen and oxygen atoms in total. The van der Waals surface area contributed by atoms with Gasteiger partial charge in [-0.3, -0.25) is 4.79 Å². The number of alkyl halides is 1. The Hall–Kier alpha value is -1.01. The van der Waals surface area contributed by atoms with E-state index >= 15 is 0 Å². The summed E-state index contributed by atoms with van der Waals surface area (Å²) in [6.07, 6.45) is 0. The Labute approximate surface area is 113 Å². The summed E-state index contributed by atoms with van der Waals surface area (Å²) in [5, 5.41) is 2.45. The highest BCUT2D eigenvalue weighted by Crippen LogP contribution is 2.16. The summed E-state index contributed by atoms with van der Waals surface area (Å²) in [7, 11) is 1.52. The van der Waals surface area contributed by atoms with Crippen LogP contribution >= 0.6 is 15.9 Å². The second-order valence-electron chi connectivity index (χ2n) is 3.82. The highest BCUT2D eigenvalue weighted by Gasteiger charge is 2.19. The average Bonchev–Trinajstić information content (AvgIpc) is 2.32. The molecular weight excluding hydrogens is 308 g/mol. The molecule has 0 radical (unpaired) electrons. The van der Waals surface area contributed by atoms with Crippen molar-refractivity contribution in [3.8, 4) is 0 Å². The predicted molar refractivity (Wildman–Crippen MR) is 68.0 cm³/mol. The van der Waals surface area contributed by atoms with E-state index in [-0.39, 0.29) is 16.9 Å². The Morgan fingerprint density at radius 1 is 1.50 bits per heavy atom. The van der Waals surface area contributed by atoms with E-state index in [2.05, 4.69) is 21.2 Å². The maximum Gasteiger partial charge on any atom is 0.257 e. The normalized spacial score (nSPS) is 12.3. The molecule has 1 atom stereocenters. The highest BCUT2D eigenvalue weighted by atomic mass is 79.9. The first-order chi connectivity index (χ1) is 8.47. The second-order valence-corrected chi connectivity index (χ2v) is 5.11. The predicted octanol–water partition coefficient (Wildman–Crippen LogP) is 2.41. The number of ether oxygens (including phenoxy) is 1. The molecule has 1 rings (SSSR count). The van der Waals surface area contributed by atoms with E-state index in [1.54, 1.807) is 0 Å². The maximum absolute atomic E-state index is 13.6. The van der Waals surface area contributed by atoms with Crippen molar-refractivity contribution in [2.24, 2.45) is 0 Å². The third-order valence-electron chi connectivity index (χ3n) is 2.34. The number of rotatable bonds is 5. The zero-order valence-electron chi connectivity index (χ0n) is 10.1. The number of nitrogens with one attached hydrogen (secondary N) is 1. The molecule has 0 fully saturated rings. The average molecular weight is 322 g/mol. The zero-order chi connectivity index (χ0) is 13.7. The first kappa shape index (κ1) is 15.0. The van der Waals surface area contributed by atoms with Crippen LogP contribution in [0.2, 0.25) is 0 Å². The fourth-order valence-corrected chi connectivity index (χ4v) is 1.82. The lowest BCUT2D eigenvalue weighted by Crippen LogP contribution is -2.32. The van der Waals surface area contributed by atoms with E-state index in [0.29, 0.717) is 6.61 Å². The molecule has 6 heteroatoms. The first-order valence-corrected chi connectivity index (χ1v) is 6.24. The summed E-state index contributed by atoms with van der Waals surface area (Å²) in [6.45, 7) is 2.09. The van der Waals surface area contributed by atoms with Crippen LogP contribution in [0, 0.1) is 18.6 Å². The molecule has 0 spiro atoms. The Balaban J connectivity index is 2.76. The number of methoxy groups -OCH3 is 1. The summed E-state index contributed by atoms with van der Waals surface area (Å²) in [4.78, 5) is 11.6. The molecule has 1 N–H and O–H groups in total. The molecule has 1 amide bonds. The maximum atomic E-state index is 13.6. The minimum Gasteiger partial charge on any atom is -0.383 e. The van der Waals surface area contributed by atoms with Crippen LogP contribution < -0.4 is 5.32 Å². The Morgan fingerprint density at radius 2 is 2.17 bits per heavy atom. The lowest BCUT2D eigenvalue weighted by atomic mass is 10.1. The van der Waals surface area contributed by atoms with Crippen LogP contribution in [0.3, 0.4) is 0 Å². The molecule has 1 aromatic rings. The van der Waals surface area contributed by atoms with Crippen LogP contribution in [0.1, 0.15) is 15.9 Å². The van der Waals surface area contributed by atoms with Crippen LogP contribution in [0.5, 0.6) is 0 Å². The van der Waals surface area contributed by atoms with Crippen LogP contribution in [0.15, 0.2) is 12.1 Å². The van der Waals surface area contributed by atoms with Gasteiger partial charge in [-0.25, -0.2) is 8.78 Å². The Bertz CT molecular complexity index is 440. The van der Waals surface area contributed by atoms with Gasteiger partial charge in [0, 0.05) is 13.7 Å². The molecule has 100 valence electrons. The van der Waals surface area contributed by atoms with Gasteiger partial charge in [-0.1, -0.05) is 22.0 Å². The molecule has 0 saturated heterocycles. The molecule has 18 heavy (non-hydrogen) atoms. The molecular formula is C12H14BrF2NO2. The van der Waals surface area contributed by atoms with Crippen LogP contribution in [-0.2, 0) is 4.74 Å². The van der Waals surface area contributed by atoms with E-state index in [0.717, 1.165) is 6.07 Å². The quantitative estimate of drug-likeness (QED) is 0.846. The van der Waals surface area contributed by atoms with E-state index in [9.17, 15) is 13.6 Å². The van der Waals surface area contributed by atoms with Gasteiger partial charge >= 0.3 is 0 Å². The molecule has 0 aromatic heterocycles. The summed E-state index contributed by atoms with van der Waals surface area (Å²) >= 11 is 3.26. The largest absolute Gasteiger partial charge is 0.383 e. The smallest absolute Gasteiger partial charge is 0.257 e. The van der Waals surface area contributed by atoms with Gasteiger partial charge in [0.15, 0.2) is 0 Å². The number of hydrogen-bond acceptors (Lipinski definition) is 2. The van der Waals surface area contributed by atoms with Gasteiger partial charge in [0.05, 0.1) is 11.4 Å². The second kappa shape index (κ2) is 6.80. The number of aryl methyl sites for hydroxylation is 1. The molecule has 1 unspecified atom stereocenters. The molecule has 0 bridgehead atoms. The monoisotopic (exact) mass is 321 g/mol. The van der Waals surface area contributed by atoms with E-state index in [1.165, 1.54) is 20.1 Å². The number of carbonyl (C=O) groups is 1. The third-order valence-corrected chi connectivity index (χ3v) is 2.93. The lowest BCUT2D eigenvalue weighted by molar-refractivity contribution is 0.0941. The lowest BCUT2D eigenvalue weighted by Gasteiger charge is -2.11. The van der Waals surface area contributed by atoms with Crippen molar-refractivity contribution < 1.29 is 18.3 Å². The van der Waals surface area contributed by atoms with Gasteiger partial charge in [-0.05, 0) is 18.6 Å². The number of hydrogen-bond donors (Lipinski definition) is 1. The number of halogens is 3. The molecule has 0 heterocycles. The number of benzene rings is 1. The topological polar surface area (TPSA) is 38.3 Å². The fourth-order valence-electron chi connectivity index (χ4n) is 1.40. The van der Waals surface area contributed by atoms with Crippen LogP contribution in [0.4, 0.5) is 8.78 Å². The van der Waals surface area contributed by atoms with Gasteiger partial charge in [0.2, 0.25) is 0 Å². The fraction of sp³-hybridized carbons (Fsp3) is 0.417. The minimum absolute atomic E-state index is 0.109. The van der Waals surface area contributed by atoms with E-state index < -0.39 is 23.1 Å². The van der Waals surface area contributed by atoms with Gasteiger partial charge in [-0.15, -0.1) is 0 Å². The highest BCUT2D eigenvalue weighted by molar-refractivity contribution is 9.09. The molecule has 1 aromatic carbocycles. The Morgan fingerprint density at radius 3 is 2.78 bits per heavy atom. The molecule has 0 saturated carbocycles. The summed E-state index contributed by atoms with van der Waals surface area (Å²) in [5.74, 6) is -2.46. The van der Waals surface area contributed by atoms with Gasteiger partial charge in [0.1, 0.15) is 17.2 Å². The SMILES string of the molecule is COCC(Br)CNC(=O)c1c(F)ccc(C)c1F. The van der Waals surface area contributed by atoms with Gasteiger partial charge < -0.3 is 10.1 Å². The van der Waals surface area contributed by atoms with Crippen LogP contribution in [0.25, 0.3) is 0 Å².